The van der Waals surface area contributed by atoms with Crippen LogP contribution in [0.15, 0.2) is 54.0 Å². The number of pyridine rings is 2. The van der Waals surface area contributed by atoms with Crippen molar-refractivity contribution in [2.45, 2.75) is 33.2 Å². The van der Waals surface area contributed by atoms with E-state index in [1.54, 1.807) is 30.0 Å². The molecular formula is C37H41Cl2N5O5. The van der Waals surface area contributed by atoms with E-state index < -0.39 is 0 Å². The number of rotatable bonds is 10. The minimum Gasteiger partial charge on any atom is -0.496 e. The van der Waals surface area contributed by atoms with Gasteiger partial charge in [0.05, 0.1) is 59.5 Å². The second-order valence-electron chi connectivity index (χ2n) is 12.6. The maximum atomic E-state index is 14.1. The summed E-state index contributed by atoms with van der Waals surface area (Å²) in [5.41, 5.74) is 3.99. The molecule has 1 amide bonds. The summed E-state index contributed by atoms with van der Waals surface area (Å²) in [5, 5.41) is 4.14. The number of fused-ring (bicyclic) bond motifs is 1. The van der Waals surface area contributed by atoms with E-state index in [9.17, 15) is 9.59 Å². The first kappa shape index (κ1) is 34.6. The molecule has 2 aromatic heterocycles. The number of likely N-dealkylation sites (tertiary alicyclic amines) is 1. The van der Waals surface area contributed by atoms with Crippen LogP contribution in [0.1, 0.15) is 26.7 Å². The molecule has 1 atom stereocenters. The summed E-state index contributed by atoms with van der Waals surface area (Å²) in [6, 6.07) is 9.05. The molecule has 258 valence electrons. The fraction of sp³-hybridized carbons (Fsp3) is 0.378. The summed E-state index contributed by atoms with van der Waals surface area (Å²) in [4.78, 5) is 36.4. The van der Waals surface area contributed by atoms with E-state index in [4.69, 9.17) is 42.4 Å². The van der Waals surface area contributed by atoms with E-state index in [2.05, 4.69) is 28.6 Å². The van der Waals surface area contributed by atoms with Crippen LogP contribution in [0, 0.1) is 5.41 Å². The Balaban J connectivity index is 1.47. The van der Waals surface area contributed by atoms with Crippen molar-refractivity contribution < 1.29 is 19.0 Å². The van der Waals surface area contributed by atoms with Crippen molar-refractivity contribution in [1.82, 2.24) is 14.5 Å². The minimum absolute atomic E-state index is 0.204. The third-order valence-corrected chi connectivity index (χ3v) is 10.7. The number of aromatic nitrogens is 2. The highest BCUT2D eigenvalue weighted by Gasteiger charge is 2.43. The third kappa shape index (κ3) is 6.22. The highest BCUT2D eigenvalue weighted by Crippen LogP contribution is 2.47. The number of benzene rings is 2. The Hall–Kier alpha value is -4.25. The molecule has 2 aromatic carbocycles. The van der Waals surface area contributed by atoms with Gasteiger partial charge in [0, 0.05) is 66.4 Å². The number of ether oxygens (including phenoxy) is 3. The highest BCUT2D eigenvalue weighted by atomic mass is 35.5. The lowest BCUT2D eigenvalue weighted by Crippen LogP contribution is -2.31. The first-order valence-electron chi connectivity index (χ1n) is 16.4. The third-order valence-electron chi connectivity index (χ3n) is 9.92. The summed E-state index contributed by atoms with van der Waals surface area (Å²) in [7, 11) is 4.60. The summed E-state index contributed by atoms with van der Waals surface area (Å²) < 4.78 is 18.5. The van der Waals surface area contributed by atoms with Crippen molar-refractivity contribution in [3.8, 4) is 39.6 Å². The molecule has 4 aromatic rings. The molecule has 2 fully saturated rings. The Morgan fingerprint density at radius 3 is 2.24 bits per heavy atom. The smallest absolute Gasteiger partial charge is 0.259 e. The van der Waals surface area contributed by atoms with Crippen LogP contribution in [0.4, 0.5) is 11.4 Å². The van der Waals surface area contributed by atoms with Crippen LogP contribution in [0.5, 0.6) is 17.2 Å². The zero-order chi connectivity index (χ0) is 35.0. The monoisotopic (exact) mass is 705 g/mol. The predicted molar refractivity (Wildman–Crippen MR) is 197 cm³/mol. The van der Waals surface area contributed by atoms with Crippen molar-refractivity contribution in [2.75, 3.05) is 64.3 Å². The zero-order valence-corrected chi connectivity index (χ0v) is 30.0. The van der Waals surface area contributed by atoms with Gasteiger partial charge in [0.1, 0.15) is 17.2 Å². The number of hydrogen-bond donors (Lipinski definition) is 1. The van der Waals surface area contributed by atoms with Crippen LogP contribution in [0.3, 0.4) is 0 Å². The molecule has 2 saturated heterocycles. The van der Waals surface area contributed by atoms with Crippen LogP contribution >= 0.6 is 23.2 Å². The van der Waals surface area contributed by atoms with Crippen molar-refractivity contribution in [3.63, 3.8) is 0 Å². The van der Waals surface area contributed by atoms with Crippen LogP contribution in [0.25, 0.3) is 33.3 Å². The first-order valence-corrected chi connectivity index (χ1v) is 17.1. The Bertz CT molecular complexity index is 1990. The first-order chi connectivity index (χ1) is 23.6. The molecular weight excluding hydrogens is 665 g/mol. The lowest BCUT2D eigenvalue weighted by molar-refractivity contribution is -0.111. The molecule has 0 aliphatic carbocycles. The molecule has 10 nitrogen and oxygen atoms in total. The molecule has 2 aliphatic heterocycles. The van der Waals surface area contributed by atoms with Gasteiger partial charge in [0.25, 0.3) is 5.56 Å². The van der Waals surface area contributed by atoms with Crippen molar-refractivity contribution in [2.24, 2.45) is 5.41 Å². The lowest BCUT2D eigenvalue weighted by Gasteiger charge is -2.27. The number of methoxy groups -OCH3 is 3. The van der Waals surface area contributed by atoms with E-state index in [-0.39, 0.29) is 26.9 Å². The Morgan fingerprint density at radius 1 is 0.939 bits per heavy atom. The fourth-order valence-electron chi connectivity index (χ4n) is 7.29. The molecule has 1 unspecified atom stereocenters. The van der Waals surface area contributed by atoms with Crippen molar-refractivity contribution >= 4 is 51.4 Å². The topological polar surface area (TPSA) is 98.2 Å². The Kier molecular flexibility index (Phi) is 9.84. The maximum Gasteiger partial charge on any atom is 0.259 e. The van der Waals surface area contributed by atoms with Gasteiger partial charge in [-0.1, -0.05) is 36.7 Å². The molecule has 49 heavy (non-hydrogen) atoms. The van der Waals surface area contributed by atoms with Gasteiger partial charge in [-0.25, -0.2) is 0 Å². The Morgan fingerprint density at radius 2 is 1.63 bits per heavy atom. The molecule has 2 aliphatic rings. The largest absolute Gasteiger partial charge is 0.496 e. The number of nitrogens with zero attached hydrogens (tertiary/aromatic N) is 4. The molecule has 0 saturated carbocycles. The summed E-state index contributed by atoms with van der Waals surface area (Å²) in [6.45, 7) is 13.1. The SMILES string of the molecule is C=CC(=O)Nc1cc(-c2cc3c(cn2)cc(-c2c(Cl)c(OC)cc(OC)c2Cl)c(=O)n3CC)c(OC)cc1N1CCC2(CCN(CC)C2)C1. The number of amides is 1. The van der Waals surface area contributed by atoms with Gasteiger partial charge in [0.15, 0.2) is 0 Å². The predicted octanol–water partition coefficient (Wildman–Crippen LogP) is 7.13. The van der Waals surface area contributed by atoms with Crippen molar-refractivity contribution in [1.29, 1.82) is 0 Å². The average Bonchev–Trinajstić information content (AvgIpc) is 3.73. The second kappa shape index (κ2) is 13.9. The molecule has 0 bridgehead atoms. The van der Waals surface area contributed by atoms with Crippen LogP contribution < -0.4 is 30.0 Å². The molecule has 6 rings (SSSR count). The van der Waals surface area contributed by atoms with Crippen LogP contribution in [0.2, 0.25) is 10.0 Å². The highest BCUT2D eigenvalue weighted by molar-refractivity contribution is 6.41. The standard InChI is InChI=1S/C37H41Cl2N5O5/c1-7-32(45)41-26-15-23(29(47-4)17-28(26)43-13-11-37(21-43)10-12-42(8-2)20-37)25-16-27-22(19-40-25)14-24(36(46)44(27)9-3)33-34(38)30(48-5)18-31(49-6)35(33)39/h7,14-19H,1,8-13,20-21H2,2-6H3,(H,41,45). The van der Waals surface area contributed by atoms with Gasteiger partial charge in [-0.2, -0.15) is 0 Å². The van der Waals surface area contributed by atoms with Gasteiger partial charge in [-0.3, -0.25) is 14.6 Å². The van der Waals surface area contributed by atoms with Crippen LogP contribution in [-0.4, -0.2) is 74.4 Å². The number of nitrogens with one attached hydrogen (secondary N) is 1. The molecule has 1 N–H and O–H groups in total. The van der Waals surface area contributed by atoms with Gasteiger partial charge >= 0.3 is 0 Å². The molecule has 0 radical (unpaired) electrons. The fourth-order valence-corrected chi connectivity index (χ4v) is 7.99. The van der Waals surface area contributed by atoms with Gasteiger partial charge in [0.2, 0.25) is 5.91 Å². The van der Waals surface area contributed by atoms with Gasteiger partial charge in [-0.15, -0.1) is 0 Å². The van der Waals surface area contributed by atoms with Gasteiger partial charge in [-0.05, 0) is 57.1 Å². The number of anilines is 2. The molecule has 12 heteroatoms. The number of halogens is 2. The van der Waals surface area contributed by atoms with E-state index in [1.165, 1.54) is 20.3 Å². The summed E-state index contributed by atoms with van der Waals surface area (Å²) in [6.07, 6.45) is 5.21. The zero-order valence-electron chi connectivity index (χ0n) is 28.5. The number of hydrogen-bond acceptors (Lipinski definition) is 8. The van der Waals surface area contributed by atoms with E-state index >= 15 is 0 Å². The van der Waals surface area contributed by atoms with E-state index in [0.717, 1.165) is 51.3 Å². The quantitative estimate of drug-likeness (QED) is 0.174. The summed E-state index contributed by atoms with van der Waals surface area (Å²) in [5.74, 6) is 0.956. The van der Waals surface area contributed by atoms with Gasteiger partial charge < -0.3 is 33.9 Å². The number of aryl methyl sites for hydroxylation is 1. The summed E-state index contributed by atoms with van der Waals surface area (Å²) >= 11 is 13.4. The normalized spacial score (nSPS) is 17.6. The van der Waals surface area contributed by atoms with E-state index in [0.29, 0.717) is 62.8 Å². The average molecular weight is 707 g/mol. The molecule has 4 heterocycles. The molecule has 1 spiro atoms. The van der Waals surface area contributed by atoms with Crippen LogP contribution in [-0.2, 0) is 11.3 Å². The maximum absolute atomic E-state index is 14.1. The Labute approximate surface area is 296 Å². The minimum atomic E-state index is -0.311. The van der Waals surface area contributed by atoms with E-state index in [1.807, 2.05) is 25.1 Å². The number of carbonyl (C=O) groups excluding carboxylic acids is 1. The van der Waals surface area contributed by atoms with Crippen molar-refractivity contribution in [3.05, 3.63) is 69.6 Å². The second-order valence-corrected chi connectivity index (χ2v) is 13.3. The number of carbonyl (C=O) groups is 1. The lowest BCUT2D eigenvalue weighted by atomic mass is 9.86.